The summed E-state index contributed by atoms with van der Waals surface area (Å²) in [6, 6.07) is 74.2. The Bertz CT molecular complexity index is 3420. The average Bonchev–Trinajstić information content (AvgIpc) is 3.64. The Morgan fingerprint density at radius 1 is 0.295 bits per heavy atom. The van der Waals surface area contributed by atoms with Crippen LogP contribution in [0.4, 0.5) is 0 Å². The van der Waals surface area contributed by atoms with Crippen LogP contribution in [0.2, 0.25) is 0 Å². The highest BCUT2D eigenvalue weighted by atomic mass is 15.0. The monoisotopic (exact) mass is 778 g/mol. The minimum atomic E-state index is 0.643. The van der Waals surface area contributed by atoms with Crippen molar-refractivity contribution in [2.75, 3.05) is 0 Å². The van der Waals surface area contributed by atoms with E-state index in [2.05, 4.69) is 174 Å². The Hall–Kier alpha value is -7.95. The van der Waals surface area contributed by atoms with Crippen molar-refractivity contribution in [1.82, 2.24) is 19.5 Å². The third-order valence-electron chi connectivity index (χ3n) is 12.4. The van der Waals surface area contributed by atoms with E-state index in [9.17, 15) is 0 Å². The van der Waals surface area contributed by atoms with Crippen molar-refractivity contribution in [2.24, 2.45) is 0 Å². The Morgan fingerprint density at radius 2 is 0.770 bits per heavy atom. The summed E-state index contributed by atoms with van der Waals surface area (Å²) in [7, 11) is 0. The number of aromatic nitrogens is 4. The van der Waals surface area contributed by atoms with Gasteiger partial charge < -0.3 is 4.57 Å². The Morgan fingerprint density at radius 3 is 1.39 bits per heavy atom. The lowest BCUT2D eigenvalue weighted by Gasteiger charge is -2.21. The number of hydrogen-bond acceptors (Lipinski definition) is 3. The summed E-state index contributed by atoms with van der Waals surface area (Å²) in [6.07, 6.45) is 1.66. The zero-order valence-corrected chi connectivity index (χ0v) is 33.3. The molecular formula is C57H38N4. The maximum Gasteiger partial charge on any atom is 0.164 e. The summed E-state index contributed by atoms with van der Waals surface area (Å²) < 4.78 is 2.47. The third-order valence-corrected chi connectivity index (χ3v) is 12.4. The highest BCUT2D eigenvalue weighted by Gasteiger charge is 2.23. The minimum absolute atomic E-state index is 0.643. The van der Waals surface area contributed by atoms with Gasteiger partial charge in [0.1, 0.15) is 0 Å². The molecule has 0 atom stereocenters. The normalized spacial score (nSPS) is 12.1. The number of rotatable bonds is 4. The van der Waals surface area contributed by atoms with E-state index >= 15 is 0 Å². The molecule has 12 rings (SSSR count). The number of nitrogens with zero attached hydrogens (tertiary/aromatic N) is 4. The van der Waals surface area contributed by atoms with Crippen molar-refractivity contribution in [2.45, 2.75) is 12.8 Å². The van der Waals surface area contributed by atoms with Crippen molar-refractivity contribution < 1.29 is 0 Å². The molecule has 0 amide bonds. The van der Waals surface area contributed by atoms with Gasteiger partial charge in [-0.1, -0.05) is 176 Å². The van der Waals surface area contributed by atoms with E-state index in [0.717, 1.165) is 46.0 Å². The summed E-state index contributed by atoms with van der Waals surface area (Å²) in [6.45, 7) is 0. The highest BCUT2D eigenvalue weighted by molar-refractivity contribution is 6.13. The molecule has 4 nitrogen and oxygen atoms in total. The van der Waals surface area contributed by atoms with E-state index in [1.807, 2.05) is 36.4 Å². The molecule has 286 valence electrons. The van der Waals surface area contributed by atoms with E-state index in [1.165, 1.54) is 66.3 Å². The van der Waals surface area contributed by atoms with Crippen molar-refractivity contribution >= 4 is 32.6 Å². The summed E-state index contributed by atoms with van der Waals surface area (Å²) in [5, 5.41) is 4.67. The van der Waals surface area contributed by atoms with Crippen LogP contribution in [0.5, 0.6) is 0 Å². The molecule has 0 fully saturated rings. The van der Waals surface area contributed by atoms with Gasteiger partial charge in [0.15, 0.2) is 17.5 Å². The topological polar surface area (TPSA) is 43.6 Å². The summed E-state index contributed by atoms with van der Waals surface area (Å²) >= 11 is 0. The fourth-order valence-corrected chi connectivity index (χ4v) is 9.54. The van der Waals surface area contributed by atoms with Crippen LogP contribution in [-0.4, -0.2) is 19.5 Å². The van der Waals surface area contributed by atoms with Gasteiger partial charge in [0.05, 0.1) is 16.7 Å². The molecule has 0 bridgehead atoms. The Kier molecular flexibility index (Phi) is 8.27. The van der Waals surface area contributed by atoms with E-state index in [-0.39, 0.29) is 0 Å². The SMILES string of the molecule is c1ccc(-c2nc(-c3ccccc3)nc(-c3ccc(-n4c5ccccc5c5cc6c(cc54)Cc4ccccc4-c4ccccc4Cc4ccccc4-6)c4ccccc34)n2)cc1. The maximum atomic E-state index is 5.14. The van der Waals surface area contributed by atoms with Gasteiger partial charge in [-0.3, -0.25) is 0 Å². The zero-order valence-electron chi connectivity index (χ0n) is 33.3. The van der Waals surface area contributed by atoms with Crippen LogP contribution in [0.25, 0.3) is 94.7 Å². The summed E-state index contributed by atoms with van der Waals surface area (Å²) in [5.74, 6) is 1.94. The fourth-order valence-electron chi connectivity index (χ4n) is 9.54. The molecular weight excluding hydrogens is 741 g/mol. The van der Waals surface area contributed by atoms with Gasteiger partial charge in [-0.25, -0.2) is 15.0 Å². The predicted octanol–water partition coefficient (Wildman–Crippen LogP) is 14.0. The van der Waals surface area contributed by atoms with Crippen LogP contribution in [-0.2, 0) is 12.8 Å². The molecule has 2 aromatic heterocycles. The van der Waals surface area contributed by atoms with Crippen LogP contribution in [0.1, 0.15) is 22.3 Å². The lowest BCUT2D eigenvalue weighted by molar-refractivity contribution is 1.08. The van der Waals surface area contributed by atoms with E-state index in [1.54, 1.807) is 0 Å². The van der Waals surface area contributed by atoms with E-state index in [4.69, 9.17) is 15.0 Å². The molecule has 1 aliphatic rings. The first kappa shape index (κ1) is 35.0. The number of hydrogen-bond donors (Lipinski definition) is 0. The van der Waals surface area contributed by atoms with Crippen molar-refractivity contribution in [3.8, 4) is 62.1 Å². The van der Waals surface area contributed by atoms with Crippen LogP contribution < -0.4 is 0 Å². The summed E-state index contributed by atoms with van der Waals surface area (Å²) in [4.78, 5) is 15.3. The third kappa shape index (κ3) is 5.95. The van der Waals surface area contributed by atoms with Crippen LogP contribution in [0.15, 0.2) is 206 Å². The molecule has 1 aliphatic carbocycles. The molecule has 0 unspecified atom stereocenters. The maximum absolute atomic E-state index is 5.14. The lowest BCUT2D eigenvalue weighted by Crippen LogP contribution is -2.03. The summed E-state index contributed by atoms with van der Waals surface area (Å²) in [5.41, 5.74) is 16.8. The molecule has 0 N–H and O–H groups in total. The minimum Gasteiger partial charge on any atom is -0.309 e. The van der Waals surface area contributed by atoms with Gasteiger partial charge in [-0.15, -0.1) is 0 Å². The van der Waals surface area contributed by atoms with E-state index in [0.29, 0.717) is 17.5 Å². The fraction of sp³-hybridized carbons (Fsp3) is 0.0351. The molecule has 0 saturated heterocycles. The average molecular weight is 779 g/mol. The first-order chi connectivity index (χ1) is 30.2. The van der Waals surface area contributed by atoms with Crippen LogP contribution in [0.3, 0.4) is 0 Å². The zero-order chi connectivity index (χ0) is 40.3. The van der Waals surface area contributed by atoms with Crippen LogP contribution in [0, 0.1) is 0 Å². The second-order valence-corrected chi connectivity index (χ2v) is 15.9. The van der Waals surface area contributed by atoms with Gasteiger partial charge in [-0.05, 0) is 93.1 Å². The smallest absolute Gasteiger partial charge is 0.164 e. The highest BCUT2D eigenvalue weighted by Crippen LogP contribution is 2.43. The van der Waals surface area contributed by atoms with Crippen molar-refractivity contribution in [3.05, 3.63) is 229 Å². The largest absolute Gasteiger partial charge is 0.309 e. The molecule has 4 heteroatoms. The quantitative estimate of drug-likeness (QED) is 0.179. The molecule has 2 heterocycles. The first-order valence-electron chi connectivity index (χ1n) is 21.0. The van der Waals surface area contributed by atoms with Crippen molar-refractivity contribution in [3.63, 3.8) is 0 Å². The molecule has 0 radical (unpaired) electrons. The van der Waals surface area contributed by atoms with Gasteiger partial charge in [-0.2, -0.15) is 0 Å². The van der Waals surface area contributed by atoms with Gasteiger partial charge in [0.2, 0.25) is 0 Å². The lowest BCUT2D eigenvalue weighted by atomic mass is 9.83. The molecule has 0 spiro atoms. The predicted molar refractivity (Wildman–Crippen MR) is 251 cm³/mol. The number of benzene rings is 9. The second-order valence-electron chi connectivity index (χ2n) is 15.9. The molecule has 11 aromatic rings. The molecule has 0 aliphatic heterocycles. The number of para-hydroxylation sites is 1. The molecule has 0 saturated carbocycles. The van der Waals surface area contributed by atoms with Gasteiger partial charge >= 0.3 is 0 Å². The first-order valence-corrected chi connectivity index (χ1v) is 21.0. The second kappa shape index (κ2) is 14.4. The molecule has 9 aromatic carbocycles. The van der Waals surface area contributed by atoms with Crippen LogP contribution >= 0.6 is 0 Å². The Balaban J connectivity index is 1.10. The van der Waals surface area contributed by atoms with Crippen molar-refractivity contribution in [1.29, 1.82) is 0 Å². The van der Waals surface area contributed by atoms with E-state index < -0.39 is 0 Å². The Labute approximate surface area is 354 Å². The standard InChI is InChI=1S/C57H38N4/c1-3-17-37(18-4-1)55-58-56(38-19-5-2-6-20-38)60-57(59-55)49-31-32-53(47-28-14-13-27-46(47)49)61-52-30-16-15-29-48(52)51-36-50-42(35-54(51)61)34-41-23-8-11-25-44(41)43-24-10-7-21-39(43)33-40-22-9-12-26-45(40)50/h1-32,35-36H,33-34H2. The molecule has 61 heavy (non-hydrogen) atoms. The van der Waals surface area contributed by atoms with Gasteiger partial charge in [0, 0.05) is 32.8 Å². The number of fused-ring (bicyclic) bond motifs is 10. The van der Waals surface area contributed by atoms with Gasteiger partial charge in [0.25, 0.3) is 0 Å².